The Hall–Kier alpha value is -0.810. The van der Waals surface area contributed by atoms with Crippen LogP contribution in [0.3, 0.4) is 0 Å². The van der Waals surface area contributed by atoms with E-state index in [1.165, 1.54) is 0 Å². The second-order valence-electron chi connectivity index (χ2n) is 8.00. The van der Waals surface area contributed by atoms with Crippen LogP contribution in [0, 0.1) is 5.41 Å². The van der Waals surface area contributed by atoms with E-state index in [9.17, 15) is 9.90 Å². The minimum absolute atomic E-state index is 0.0741. The molecule has 1 saturated carbocycles. The number of hydrogen-bond acceptors (Lipinski definition) is 4. The molecule has 1 heterocycles. The number of carbonyl (C=O) groups is 1. The summed E-state index contributed by atoms with van der Waals surface area (Å²) in [5.41, 5.74) is -0.521. The number of ether oxygens (including phenoxy) is 1. The van der Waals surface area contributed by atoms with Crippen LogP contribution in [0.25, 0.3) is 0 Å². The Morgan fingerprint density at radius 1 is 1.43 bits per heavy atom. The second kappa shape index (κ2) is 5.76. The van der Waals surface area contributed by atoms with Gasteiger partial charge in [-0.25, -0.2) is 4.79 Å². The zero-order valence-corrected chi connectivity index (χ0v) is 14.0. The van der Waals surface area contributed by atoms with Gasteiger partial charge in [-0.3, -0.25) is 0 Å². The average Bonchev–Trinajstić information content (AvgIpc) is 2.80. The van der Waals surface area contributed by atoms with Crippen molar-refractivity contribution in [2.45, 2.75) is 77.7 Å². The normalized spacial score (nSPS) is 31.9. The van der Waals surface area contributed by atoms with Crippen molar-refractivity contribution in [3.63, 3.8) is 0 Å². The lowest BCUT2D eigenvalue weighted by atomic mass is 9.64. The van der Waals surface area contributed by atoms with Gasteiger partial charge in [0.2, 0.25) is 0 Å². The Bertz CT molecular complexity index is 389. The number of aliphatic hydroxyl groups excluding tert-OH is 1. The van der Waals surface area contributed by atoms with E-state index in [0.717, 1.165) is 32.4 Å². The van der Waals surface area contributed by atoms with Crippen LogP contribution in [-0.4, -0.2) is 53.0 Å². The Morgan fingerprint density at radius 2 is 2.10 bits per heavy atom. The van der Waals surface area contributed by atoms with E-state index < -0.39 is 5.60 Å². The van der Waals surface area contributed by atoms with Crippen LogP contribution in [0.1, 0.15) is 53.9 Å². The lowest BCUT2D eigenvalue weighted by Gasteiger charge is -2.50. The summed E-state index contributed by atoms with van der Waals surface area (Å²) in [7, 11) is 0. The maximum atomic E-state index is 12.2. The van der Waals surface area contributed by atoms with E-state index in [1.807, 2.05) is 25.7 Å². The third-order valence-corrected chi connectivity index (χ3v) is 4.82. The van der Waals surface area contributed by atoms with Crippen LogP contribution in [-0.2, 0) is 4.74 Å². The number of rotatable bonds is 3. The molecule has 0 aromatic carbocycles. The van der Waals surface area contributed by atoms with Crippen molar-refractivity contribution < 1.29 is 14.6 Å². The van der Waals surface area contributed by atoms with Crippen molar-refractivity contribution in [2.24, 2.45) is 5.41 Å². The van der Waals surface area contributed by atoms with E-state index in [1.54, 1.807) is 0 Å². The van der Waals surface area contributed by atoms with E-state index >= 15 is 0 Å². The summed E-state index contributed by atoms with van der Waals surface area (Å²) in [5.74, 6) is 0. The molecule has 0 spiro atoms. The van der Waals surface area contributed by atoms with Gasteiger partial charge in [-0.1, -0.05) is 13.8 Å². The number of amides is 1. The molecule has 0 aromatic heterocycles. The third-order valence-electron chi connectivity index (χ3n) is 4.82. The molecule has 1 saturated heterocycles. The second-order valence-corrected chi connectivity index (χ2v) is 8.00. The highest BCUT2D eigenvalue weighted by molar-refractivity contribution is 5.69. The zero-order valence-electron chi connectivity index (χ0n) is 14.0. The minimum atomic E-state index is -0.447. The largest absolute Gasteiger partial charge is 0.444 e. The van der Waals surface area contributed by atoms with Gasteiger partial charge in [-0.15, -0.1) is 0 Å². The predicted octanol–water partition coefficient (Wildman–Crippen LogP) is 2.13. The fourth-order valence-electron chi connectivity index (χ4n) is 3.14. The molecule has 1 amide bonds. The van der Waals surface area contributed by atoms with Crippen molar-refractivity contribution in [3.05, 3.63) is 0 Å². The monoisotopic (exact) mass is 298 g/mol. The first-order valence-corrected chi connectivity index (χ1v) is 8.02. The van der Waals surface area contributed by atoms with Crippen LogP contribution in [0.2, 0.25) is 0 Å². The van der Waals surface area contributed by atoms with Crippen molar-refractivity contribution in [3.8, 4) is 0 Å². The average molecular weight is 298 g/mol. The number of carbonyl (C=O) groups excluding carboxylic acids is 1. The number of nitrogens with one attached hydrogen (secondary N) is 1. The van der Waals surface area contributed by atoms with Crippen LogP contribution < -0.4 is 5.32 Å². The number of nitrogens with zero attached hydrogens (tertiary/aromatic N) is 1. The number of aliphatic hydroxyl groups is 1. The van der Waals surface area contributed by atoms with Crippen LogP contribution in [0.5, 0.6) is 0 Å². The third kappa shape index (κ3) is 3.69. The van der Waals surface area contributed by atoms with Crippen LogP contribution >= 0.6 is 0 Å². The lowest BCUT2D eigenvalue weighted by molar-refractivity contribution is -0.0736. The topological polar surface area (TPSA) is 61.8 Å². The molecule has 21 heavy (non-hydrogen) atoms. The summed E-state index contributed by atoms with van der Waals surface area (Å²) in [5, 5.41) is 13.3. The first-order valence-electron chi connectivity index (χ1n) is 8.02. The SMILES string of the molecule is CC(C)(C)OC(=O)N1CCCC1CNC1CC(O)C1(C)C. The van der Waals surface area contributed by atoms with E-state index in [4.69, 9.17) is 4.74 Å². The molecule has 2 rings (SSSR count). The summed E-state index contributed by atoms with van der Waals surface area (Å²) >= 11 is 0. The highest BCUT2D eigenvalue weighted by Crippen LogP contribution is 2.40. The van der Waals surface area contributed by atoms with Crippen molar-refractivity contribution >= 4 is 6.09 Å². The Morgan fingerprint density at radius 3 is 2.62 bits per heavy atom. The van der Waals surface area contributed by atoms with Crippen LogP contribution in [0.15, 0.2) is 0 Å². The lowest BCUT2D eigenvalue weighted by Crippen LogP contribution is -2.61. The molecule has 5 nitrogen and oxygen atoms in total. The molecule has 0 aromatic rings. The predicted molar refractivity (Wildman–Crippen MR) is 82.2 cm³/mol. The molecular formula is C16H30N2O3. The van der Waals surface area contributed by atoms with Crippen molar-refractivity contribution in [2.75, 3.05) is 13.1 Å². The molecule has 2 fully saturated rings. The summed E-state index contributed by atoms with van der Waals surface area (Å²) in [6.07, 6.45) is 2.41. The molecule has 2 N–H and O–H groups in total. The van der Waals surface area contributed by atoms with Gasteiger partial charge in [0, 0.05) is 30.6 Å². The number of likely N-dealkylation sites (tertiary alicyclic amines) is 1. The molecule has 122 valence electrons. The van der Waals surface area contributed by atoms with Gasteiger partial charge in [0.25, 0.3) is 0 Å². The summed E-state index contributed by atoms with van der Waals surface area (Å²) in [4.78, 5) is 14.1. The quantitative estimate of drug-likeness (QED) is 0.838. The molecule has 2 aliphatic rings. The summed E-state index contributed by atoms with van der Waals surface area (Å²) in [6.45, 7) is 11.4. The Balaban J connectivity index is 1.84. The summed E-state index contributed by atoms with van der Waals surface area (Å²) < 4.78 is 5.48. The van der Waals surface area contributed by atoms with Crippen molar-refractivity contribution in [1.29, 1.82) is 0 Å². The fourth-order valence-corrected chi connectivity index (χ4v) is 3.14. The molecule has 0 radical (unpaired) electrons. The molecular weight excluding hydrogens is 268 g/mol. The Labute approximate surface area is 128 Å². The minimum Gasteiger partial charge on any atom is -0.444 e. The highest BCUT2D eigenvalue weighted by Gasteiger charge is 2.47. The fraction of sp³-hybridized carbons (Fsp3) is 0.938. The molecule has 1 aliphatic heterocycles. The van der Waals surface area contributed by atoms with Crippen molar-refractivity contribution in [1.82, 2.24) is 10.2 Å². The smallest absolute Gasteiger partial charge is 0.410 e. The maximum Gasteiger partial charge on any atom is 0.410 e. The first kappa shape index (κ1) is 16.6. The van der Waals surface area contributed by atoms with Gasteiger partial charge in [0.05, 0.1) is 6.10 Å². The number of hydrogen-bond donors (Lipinski definition) is 2. The standard InChI is InChI=1S/C16H30N2O3/c1-15(2,3)21-14(20)18-8-6-7-11(18)10-17-12-9-13(19)16(12,4)5/h11-13,17,19H,6-10H2,1-5H3. The molecule has 0 bridgehead atoms. The van der Waals surface area contributed by atoms with Gasteiger partial charge in [0.15, 0.2) is 0 Å². The molecule has 3 atom stereocenters. The zero-order chi connectivity index (χ0) is 15.8. The van der Waals surface area contributed by atoms with Gasteiger partial charge in [0.1, 0.15) is 5.60 Å². The molecule has 3 unspecified atom stereocenters. The van der Waals surface area contributed by atoms with Gasteiger partial charge in [-0.05, 0) is 40.0 Å². The van der Waals surface area contributed by atoms with E-state index in [0.29, 0.717) is 6.04 Å². The highest BCUT2D eigenvalue weighted by atomic mass is 16.6. The molecule has 5 heteroatoms. The molecule has 1 aliphatic carbocycles. The Kier molecular flexibility index (Phi) is 4.54. The van der Waals surface area contributed by atoms with E-state index in [-0.39, 0.29) is 23.7 Å². The maximum absolute atomic E-state index is 12.2. The van der Waals surface area contributed by atoms with Crippen LogP contribution in [0.4, 0.5) is 4.79 Å². The first-order chi connectivity index (χ1) is 9.61. The van der Waals surface area contributed by atoms with Gasteiger partial charge < -0.3 is 20.1 Å². The summed E-state index contributed by atoms with van der Waals surface area (Å²) in [6, 6.07) is 0.530. The van der Waals surface area contributed by atoms with Gasteiger partial charge >= 0.3 is 6.09 Å². The van der Waals surface area contributed by atoms with Gasteiger partial charge in [-0.2, -0.15) is 0 Å². The van der Waals surface area contributed by atoms with E-state index in [2.05, 4.69) is 19.2 Å².